The van der Waals surface area contributed by atoms with E-state index in [1.165, 1.54) is 0 Å². The number of carbonyl (C=O) groups is 1. The summed E-state index contributed by atoms with van der Waals surface area (Å²) in [7, 11) is 0.745. The van der Waals surface area contributed by atoms with Gasteiger partial charge in [0, 0.05) is 12.7 Å². The zero-order valence-electron chi connectivity index (χ0n) is 8.93. The summed E-state index contributed by atoms with van der Waals surface area (Å²) < 4.78 is 73.9. The Morgan fingerprint density at radius 3 is 1.89 bits per heavy atom. The predicted molar refractivity (Wildman–Crippen MR) is 50.8 cm³/mol. The zero-order chi connectivity index (χ0) is 14.1. The highest BCUT2D eigenvalue weighted by molar-refractivity contribution is 5.98. The third kappa shape index (κ3) is 2.57. The van der Waals surface area contributed by atoms with Crippen LogP contribution in [0.5, 0.6) is 0 Å². The van der Waals surface area contributed by atoms with Gasteiger partial charge in [-0.15, -0.1) is 0 Å². The van der Waals surface area contributed by atoms with E-state index in [0.717, 1.165) is 31.3 Å². The molecule has 0 saturated carbocycles. The van der Waals surface area contributed by atoms with E-state index in [0.29, 0.717) is 0 Å². The van der Waals surface area contributed by atoms with Crippen LogP contribution in [0.25, 0.3) is 0 Å². The number of amides is 1. The second kappa shape index (κ2) is 4.51. The molecule has 0 radical (unpaired) electrons. The minimum absolute atomic E-state index is 0.118. The van der Waals surface area contributed by atoms with Crippen molar-refractivity contribution < 1.29 is 31.1 Å². The zero-order valence-corrected chi connectivity index (χ0v) is 8.93. The highest BCUT2D eigenvalue weighted by Crippen LogP contribution is 2.37. The molecule has 8 heteroatoms. The van der Waals surface area contributed by atoms with Crippen LogP contribution in [0.15, 0.2) is 24.3 Å². The second-order valence-corrected chi connectivity index (χ2v) is 3.41. The standard InChI is InChI=1S/C10H7F6NO/c1-17(7-4-2-6(11)3-5-7)8(18)9(12,13)10(14,15)16/h2-5H,1H3. The summed E-state index contributed by atoms with van der Waals surface area (Å²) in [6, 6.07) is 3.51. The number of anilines is 1. The monoisotopic (exact) mass is 271 g/mol. The molecule has 0 N–H and O–H groups in total. The number of carbonyl (C=O) groups excluding carboxylic acids is 1. The minimum Gasteiger partial charge on any atom is -0.310 e. The summed E-state index contributed by atoms with van der Waals surface area (Å²) in [5.74, 6) is -8.63. The molecule has 1 aromatic rings. The van der Waals surface area contributed by atoms with Gasteiger partial charge >= 0.3 is 18.0 Å². The van der Waals surface area contributed by atoms with Crippen LogP contribution < -0.4 is 4.90 Å². The van der Waals surface area contributed by atoms with Gasteiger partial charge in [0.2, 0.25) is 0 Å². The van der Waals surface area contributed by atoms with Crippen molar-refractivity contribution in [3.05, 3.63) is 30.1 Å². The van der Waals surface area contributed by atoms with Crippen molar-refractivity contribution in [2.45, 2.75) is 12.1 Å². The molecule has 0 unspecified atom stereocenters. The Morgan fingerprint density at radius 1 is 1.06 bits per heavy atom. The molecule has 0 aliphatic carbocycles. The van der Waals surface area contributed by atoms with Crippen molar-refractivity contribution in [2.75, 3.05) is 11.9 Å². The molecule has 100 valence electrons. The highest BCUT2D eigenvalue weighted by atomic mass is 19.4. The summed E-state index contributed by atoms with van der Waals surface area (Å²) in [5, 5.41) is 0. The largest absolute Gasteiger partial charge is 0.463 e. The molecular weight excluding hydrogens is 264 g/mol. The normalized spacial score (nSPS) is 12.4. The van der Waals surface area contributed by atoms with E-state index in [9.17, 15) is 31.1 Å². The van der Waals surface area contributed by atoms with E-state index in [2.05, 4.69) is 0 Å². The number of nitrogens with zero attached hydrogens (tertiary/aromatic N) is 1. The fraction of sp³-hybridized carbons (Fsp3) is 0.300. The third-order valence-electron chi connectivity index (χ3n) is 2.14. The van der Waals surface area contributed by atoms with Crippen LogP contribution in [0, 0.1) is 5.82 Å². The second-order valence-electron chi connectivity index (χ2n) is 3.41. The molecule has 2 nitrogen and oxygen atoms in total. The molecule has 0 bridgehead atoms. The molecule has 0 fully saturated rings. The first-order chi connectivity index (χ1) is 8.07. The molecule has 1 rings (SSSR count). The molecule has 0 saturated heterocycles. The van der Waals surface area contributed by atoms with Crippen LogP contribution in [0.3, 0.4) is 0 Å². The number of benzene rings is 1. The lowest BCUT2D eigenvalue weighted by Crippen LogP contribution is -2.51. The van der Waals surface area contributed by atoms with Gasteiger partial charge in [-0.1, -0.05) is 0 Å². The van der Waals surface area contributed by atoms with Crippen LogP contribution in [0.2, 0.25) is 0 Å². The summed E-state index contributed by atoms with van der Waals surface area (Å²) in [5.41, 5.74) is -0.273. The average molecular weight is 271 g/mol. The molecule has 1 amide bonds. The fourth-order valence-corrected chi connectivity index (χ4v) is 1.11. The van der Waals surface area contributed by atoms with Crippen molar-refractivity contribution in [3.63, 3.8) is 0 Å². The number of rotatable bonds is 2. The van der Waals surface area contributed by atoms with Gasteiger partial charge in [-0.3, -0.25) is 4.79 Å². The first-order valence-electron chi connectivity index (χ1n) is 4.55. The van der Waals surface area contributed by atoms with Crippen molar-refractivity contribution in [2.24, 2.45) is 0 Å². The molecule has 0 aliphatic rings. The number of hydrogen-bond acceptors (Lipinski definition) is 1. The smallest absolute Gasteiger partial charge is 0.310 e. The van der Waals surface area contributed by atoms with Crippen LogP contribution in [-0.4, -0.2) is 25.1 Å². The number of halogens is 6. The lowest BCUT2D eigenvalue weighted by molar-refractivity contribution is -0.268. The summed E-state index contributed by atoms with van der Waals surface area (Å²) in [6.45, 7) is 0. The van der Waals surface area contributed by atoms with E-state index in [1.54, 1.807) is 0 Å². The molecule has 0 atom stereocenters. The minimum atomic E-state index is -5.97. The van der Waals surface area contributed by atoms with Gasteiger partial charge in [-0.25, -0.2) is 4.39 Å². The summed E-state index contributed by atoms with van der Waals surface area (Å²) >= 11 is 0. The predicted octanol–water partition coefficient (Wildman–Crippen LogP) is 2.99. The van der Waals surface area contributed by atoms with Gasteiger partial charge in [0.15, 0.2) is 0 Å². The van der Waals surface area contributed by atoms with Gasteiger partial charge in [0.25, 0.3) is 0 Å². The van der Waals surface area contributed by atoms with Gasteiger partial charge in [0.05, 0.1) is 0 Å². The van der Waals surface area contributed by atoms with E-state index < -0.39 is 23.8 Å². The Morgan fingerprint density at radius 2 is 1.50 bits per heavy atom. The Bertz CT molecular complexity index is 439. The van der Waals surface area contributed by atoms with Crippen molar-refractivity contribution in [1.29, 1.82) is 0 Å². The number of hydrogen-bond donors (Lipinski definition) is 0. The van der Waals surface area contributed by atoms with Crippen molar-refractivity contribution in [3.8, 4) is 0 Å². The molecule has 0 aromatic heterocycles. The maximum atomic E-state index is 12.7. The van der Waals surface area contributed by atoms with Gasteiger partial charge in [0.1, 0.15) is 5.82 Å². The molecule has 18 heavy (non-hydrogen) atoms. The molecule has 0 spiro atoms. The lowest BCUT2D eigenvalue weighted by atomic mass is 10.2. The van der Waals surface area contributed by atoms with E-state index in [1.807, 2.05) is 0 Å². The number of alkyl halides is 5. The Kier molecular flexibility index (Phi) is 3.59. The van der Waals surface area contributed by atoms with E-state index >= 15 is 0 Å². The third-order valence-corrected chi connectivity index (χ3v) is 2.14. The first-order valence-corrected chi connectivity index (χ1v) is 4.55. The summed E-state index contributed by atoms with van der Waals surface area (Å²) in [6.07, 6.45) is -5.97. The Balaban J connectivity index is 3.01. The van der Waals surface area contributed by atoms with Gasteiger partial charge in [-0.05, 0) is 24.3 Å². The van der Waals surface area contributed by atoms with Gasteiger partial charge in [-0.2, -0.15) is 22.0 Å². The van der Waals surface area contributed by atoms with Crippen LogP contribution in [-0.2, 0) is 4.79 Å². The topological polar surface area (TPSA) is 20.3 Å². The van der Waals surface area contributed by atoms with E-state index in [-0.39, 0.29) is 10.6 Å². The average Bonchev–Trinajstić information content (AvgIpc) is 2.26. The van der Waals surface area contributed by atoms with Gasteiger partial charge < -0.3 is 4.90 Å². The molecule has 0 heterocycles. The van der Waals surface area contributed by atoms with Crippen LogP contribution in [0.1, 0.15) is 0 Å². The Labute approximate surface area is 97.8 Å². The van der Waals surface area contributed by atoms with Crippen molar-refractivity contribution in [1.82, 2.24) is 0 Å². The SMILES string of the molecule is CN(C(=O)C(F)(F)C(F)(F)F)c1ccc(F)cc1. The van der Waals surface area contributed by atoms with Crippen LogP contribution >= 0.6 is 0 Å². The first kappa shape index (κ1) is 14.3. The lowest BCUT2D eigenvalue weighted by Gasteiger charge is -2.24. The molecule has 0 aliphatic heterocycles. The quantitative estimate of drug-likeness (QED) is 0.757. The van der Waals surface area contributed by atoms with E-state index in [4.69, 9.17) is 0 Å². The Hall–Kier alpha value is -1.73. The fourth-order valence-electron chi connectivity index (χ4n) is 1.11. The maximum Gasteiger partial charge on any atom is 0.463 e. The molecular formula is C10H7F6NO. The van der Waals surface area contributed by atoms with Crippen LogP contribution in [0.4, 0.5) is 32.0 Å². The summed E-state index contributed by atoms with van der Waals surface area (Å²) in [4.78, 5) is 11.2. The molecule has 1 aromatic carbocycles. The maximum absolute atomic E-state index is 12.7. The van der Waals surface area contributed by atoms with Crippen molar-refractivity contribution >= 4 is 11.6 Å². The highest BCUT2D eigenvalue weighted by Gasteiger charge is 2.64.